The van der Waals surface area contributed by atoms with Crippen LogP contribution in [0.1, 0.15) is 19.5 Å². The summed E-state index contributed by atoms with van der Waals surface area (Å²) in [5, 5.41) is 11.6. The highest BCUT2D eigenvalue weighted by atomic mass is 79.9. The number of nitrogens with zero attached hydrogens (tertiary/aromatic N) is 3. The lowest BCUT2D eigenvalue weighted by Gasteiger charge is -2.09. The molecule has 0 saturated carbocycles. The molecule has 1 heterocycles. The number of halogens is 2. The minimum Gasteiger partial charge on any atom is -0.495 e. The van der Waals surface area contributed by atoms with Gasteiger partial charge in [0.1, 0.15) is 5.75 Å². The molecule has 20 heavy (non-hydrogen) atoms. The molecule has 0 aliphatic rings. The Hall–Kier alpha value is -0.920. The molecule has 0 aliphatic carbocycles. The highest BCUT2D eigenvalue weighted by molar-refractivity contribution is 9.11. The standard InChI is InChI=1S/C13H16Br2N4O/c1-8(2)16-6-9-7-19(18-17-9)12-5-13(20-3)11(15)4-10(12)14/h4-5,7-8,16H,6H2,1-3H3. The Labute approximate surface area is 135 Å². The molecule has 0 saturated heterocycles. The average Bonchev–Trinajstić information content (AvgIpc) is 2.85. The van der Waals surface area contributed by atoms with Crippen LogP contribution < -0.4 is 10.1 Å². The van der Waals surface area contributed by atoms with Gasteiger partial charge in [-0.15, -0.1) is 5.10 Å². The van der Waals surface area contributed by atoms with Crippen LogP contribution in [0.2, 0.25) is 0 Å². The molecule has 1 aromatic heterocycles. The zero-order chi connectivity index (χ0) is 14.7. The molecule has 2 rings (SSSR count). The van der Waals surface area contributed by atoms with Crippen LogP contribution in [0.15, 0.2) is 27.3 Å². The molecule has 0 spiro atoms. The number of aromatic nitrogens is 3. The number of ether oxygens (including phenoxy) is 1. The summed E-state index contributed by atoms with van der Waals surface area (Å²) in [5.74, 6) is 0.751. The van der Waals surface area contributed by atoms with Crippen LogP contribution in [0.25, 0.3) is 5.69 Å². The van der Waals surface area contributed by atoms with Gasteiger partial charge in [0.05, 0.1) is 29.2 Å². The van der Waals surface area contributed by atoms with E-state index in [9.17, 15) is 0 Å². The van der Waals surface area contributed by atoms with Crippen molar-refractivity contribution in [2.75, 3.05) is 7.11 Å². The van der Waals surface area contributed by atoms with E-state index in [1.807, 2.05) is 18.3 Å². The highest BCUT2D eigenvalue weighted by Gasteiger charge is 2.11. The predicted octanol–water partition coefficient (Wildman–Crippen LogP) is 3.30. The van der Waals surface area contributed by atoms with Gasteiger partial charge in [-0.05, 0) is 37.9 Å². The maximum atomic E-state index is 5.31. The summed E-state index contributed by atoms with van der Waals surface area (Å²) in [7, 11) is 1.64. The third kappa shape index (κ3) is 3.59. The van der Waals surface area contributed by atoms with Gasteiger partial charge < -0.3 is 10.1 Å². The lowest BCUT2D eigenvalue weighted by molar-refractivity contribution is 0.411. The molecule has 1 N–H and O–H groups in total. The minimum atomic E-state index is 0.416. The van der Waals surface area contributed by atoms with Crippen molar-refractivity contribution >= 4 is 31.9 Å². The van der Waals surface area contributed by atoms with Gasteiger partial charge in [-0.25, -0.2) is 4.68 Å². The second-order valence-electron chi connectivity index (χ2n) is 4.63. The Balaban J connectivity index is 2.27. The highest BCUT2D eigenvalue weighted by Crippen LogP contribution is 2.33. The second-order valence-corrected chi connectivity index (χ2v) is 6.34. The lowest BCUT2D eigenvalue weighted by atomic mass is 10.3. The maximum Gasteiger partial charge on any atom is 0.135 e. The first kappa shape index (κ1) is 15.5. The van der Waals surface area contributed by atoms with Gasteiger partial charge in [0.15, 0.2) is 0 Å². The number of methoxy groups -OCH3 is 1. The molecular weight excluding hydrogens is 388 g/mol. The lowest BCUT2D eigenvalue weighted by Crippen LogP contribution is -2.21. The van der Waals surface area contributed by atoms with E-state index in [1.165, 1.54) is 0 Å². The Morgan fingerprint density at radius 3 is 2.70 bits per heavy atom. The minimum absolute atomic E-state index is 0.416. The smallest absolute Gasteiger partial charge is 0.135 e. The zero-order valence-electron chi connectivity index (χ0n) is 11.5. The van der Waals surface area contributed by atoms with Crippen molar-refractivity contribution in [1.82, 2.24) is 20.3 Å². The molecule has 1 aromatic carbocycles. The van der Waals surface area contributed by atoms with E-state index < -0.39 is 0 Å². The molecule has 7 heteroatoms. The number of hydrogen-bond donors (Lipinski definition) is 1. The van der Waals surface area contributed by atoms with Crippen molar-refractivity contribution in [1.29, 1.82) is 0 Å². The quantitative estimate of drug-likeness (QED) is 0.832. The summed E-state index contributed by atoms with van der Waals surface area (Å²) in [4.78, 5) is 0. The largest absolute Gasteiger partial charge is 0.495 e. The van der Waals surface area contributed by atoms with Gasteiger partial charge in [0.25, 0.3) is 0 Å². The number of rotatable bonds is 5. The molecule has 0 atom stereocenters. The van der Waals surface area contributed by atoms with Crippen LogP contribution in [0.4, 0.5) is 0 Å². The fourth-order valence-corrected chi connectivity index (χ4v) is 2.99. The molecule has 108 valence electrons. The fraction of sp³-hybridized carbons (Fsp3) is 0.385. The van der Waals surface area contributed by atoms with E-state index in [4.69, 9.17) is 4.74 Å². The Kier molecular flexibility index (Phi) is 5.17. The second kappa shape index (κ2) is 6.69. The summed E-state index contributed by atoms with van der Waals surface area (Å²) in [6, 6.07) is 4.25. The molecule has 0 radical (unpaired) electrons. The molecule has 0 aliphatic heterocycles. The SMILES string of the molecule is COc1cc(-n2cc(CNC(C)C)nn2)c(Br)cc1Br. The Bertz CT molecular complexity index is 598. The molecule has 0 amide bonds. The van der Waals surface area contributed by atoms with Gasteiger partial charge in [-0.1, -0.05) is 19.1 Å². The summed E-state index contributed by atoms with van der Waals surface area (Å²) in [6.45, 7) is 4.89. The van der Waals surface area contributed by atoms with Crippen LogP contribution >= 0.6 is 31.9 Å². The molecule has 0 bridgehead atoms. The number of benzene rings is 1. The Morgan fingerprint density at radius 1 is 1.30 bits per heavy atom. The van der Waals surface area contributed by atoms with E-state index in [0.717, 1.165) is 26.1 Å². The molecule has 0 fully saturated rings. The first-order valence-electron chi connectivity index (χ1n) is 6.19. The van der Waals surface area contributed by atoms with Gasteiger partial charge in [-0.2, -0.15) is 0 Å². The van der Waals surface area contributed by atoms with Crippen LogP contribution in [-0.4, -0.2) is 28.1 Å². The van der Waals surface area contributed by atoms with Gasteiger partial charge in [0.2, 0.25) is 0 Å². The Morgan fingerprint density at radius 2 is 2.05 bits per heavy atom. The first-order valence-corrected chi connectivity index (χ1v) is 7.78. The van der Waals surface area contributed by atoms with Crippen LogP contribution in [0, 0.1) is 0 Å². The van der Waals surface area contributed by atoms with Crippen LogP contribution in [0.3, 0.4) is 0 Å². The molecular formula is C13H16Br2N4O. The maximum absolute atomic E-state index is 5.31. The summed E-state index contributed by atoms with van der Waals surface area (Å²) in [6.07, 6.45) is 1.91. The predicted molar refractivity (Wildman–Crippen MR) is 85.3 cm³/mol. The normalized spacial score (nSPS) is 11.1. The van der Waals surface area contributed by atoms with E-state index in [2.05, 4.69) is 61.3 Å². The summed E-state index contributed by atoms with van der Waals surface area (Å²) in [5.41, 5.74) is 1.78. The van der Waals surface area contributed by atoms with Gasteiger partial charge in [0, 0.05) is 23.1 Å². The van der Waals surface area contributed by atoms with Crippen molar-refractivity contribution in [3.8, 4) is 11.4 Å². The van der Waals surface area contributed by atoms with Gasteiger partial charge in [-0.3, -0.25) is 0 Å². The third-order valence-electron chi connectivity index (χ3n) is 2.70. The molecule has 0 unspecified atom stereocenters. The monoisotopic (exact) mass is 402 g/mol. The number of nitrogens with one attached hydrogen (secondary N) is 1. The zero-order valence-corrected chi connectivity index (χ0v) is 14.7. The topological polar surface area (TPSA) is 52.0 Å². The van der Waals surface area contributed by atoms with Crippen molar-refractivity contribution in [2.45, 2.75) is 26.4 Å². The molecule has 5 nitrogen and oxygen atoms in total. The van der Waals surface area contributed by atoms with Gasteiger partial charge >= 0.3 is 0 Å². The first-order chi connectivity index (χ1) is 9.51. The number of hydrogen-bond acceptors (Lipinski definition) is 4. The van der Waals surface area contributed by atoms with Crippen molar-refractivity contribution < 1.29 is 4.74 Å². The molecule has 2 aromatic rings. The van der Waals surface area contributed by atoms with E-state index >= 15 is 0 Å². The fourth-order valence-electron chi connectivity index (χ4n) is 1.66. The van der Waals surface area contributed by atoms with Crippen molar-refractivity contribution in [2.24, 2.45) is 0 Å². The van der Waals surface area contributed by atoms with Crippen LogP contribution in [-0.2, 0) is 6.54 Å². The van der Waals surface area contributed by atoms with E-state index in [0.29, 0.717) is 12.6 Å². The average molecular weight is 404 g/mol. The van der Waals surface area contributed by atoms with E-state index in [1.54, 1.807) is 11.8 Å². The van der Waals surface area contributed by atoms with Crippen molar-refractivity contribution in [3.05, 3.63) is 33.0 Å². The summed E-state index contributed by atoms with van der Waals surface area (Å²) >= 11 is 6.98. The van der Waals surface area contributed by atoms with E-state index in [-0.39, 0.29) is 0 Å². The summed E-state index contributed by atoms with van der Waals surface area (Å²) < 4.78 is 8.84. The van der Waals surface area contributed by atoms with Crippen molar-refractivity contribution in [3.63, 3.8) is 0 Å². The third-order valence-corrected chi connectivity index (χ3v) is 3.96. The van der Waals surface area contributed by atoms with Crippen LogP contribution in [0.5, 0.6) is 5.75 Å².